The van der Waals surface area contributed by atoms with Crippen LogP contribution in [0, 0.1) is 5.92 Å². The molecule has 26 heavy (non-hydrogen) atoms. The largest absolute Gasteiger partial charge is 0.370 e. The van der Waals surface area contributed by atoms with Crippen molar-refractivity contribution < 1.29 is 14.4 Å². The molecule has 0 rings (SSSR count). The lowest BCUT2D eigenvalue weighted by Gasteiger charge is -2.35. The average molecular weight is 370 g/mol. The Labute approximate surface area is 156 Å². The summed E-state index contributed by atoms with van der Waals surface area (Å²) >= 11 is 0. The van der Waals surface area contributed by atoms with Gasteiger partial charge in [0.05, 0.1) is 6.04 Å². The van der Waals surface area contributed by atoms with Crippen molar-refractivity contribution in [3.05, 3.63) is 0 Å². The monoisotopic (exact) mass is 369 g/mol. The molecule has 6 N–H and O–H groups in total. The third-order valence-electron chi connectivity index (χ3n) is 4.10. The minimum atomic E-state index is -1.01. The molecule has 0 radical (unpaired) electrons. The molecule has 0 saturated carbocycles. The standard InChI is InChI=1S/C18H35N5O3/c1-5-8-15(25)23-18(6-2,11-13(3)4)16(26)22-14(12-24)9-7-10-21-17(19)20/h12-14H,5-11H2,1-4H3,(H,22,26)(H,23,25)(H4,19,20,21)/t14-,18-/m0/s1. The lowest BCUT2D eigenvalue weighted by Crippen LogP contribution is -2.60. The summed E-state index contributed by atoms with van der Waals surface area (Å²) in [5.74, 6) is -0.269. The number of nitrogens with zero attached hydrogens (tertiary/aromatic N) is 1. The zero-order valence-electron chi connectivity index (χ0n) is 16.5. The summed E-state index contributed by atoms with van der Waals surface area (Å²) in [6, 6.07) is -0.641. The van der Waals surface area contributed by atoms with E-state index in [2.05, 4.69) is 15.6 Å². The Morgan fingerprint density at radius 2 is 1.88 bits per heavy atom. The van der Waals surface area contributed by atoms with Gasteiger partial charge in [0.1, 0.15) is 11.8 Å². The summed E-state index contributed by atoms with van der Waals surface area (Å²) in [4.78, 5) is 40.3. The number of nitrogens with two attached hydrogens (primary N) is 2. The normalized spacial score (nSPS) is 14.2. The topological polar surface area (TPSA) is 140 Å². The lowest BCUT2D eigenvalue weighted by molar-refractivity contribution is -0.135. The van der Waals surface area contributed by atoms with Gasteiger partial charge in [-0.05, 0) is 38.0 Å². The zero-order chi connectivity index (χ0) is 20.2. The number of carbonyl (C=O) groups is 3. The van der Waals surface area contributed by atoms with Gasteiger partial charge in [0.15, 0.2) is 5.96 Å². The molecule has 0 saturated heterocycles. The number of hydrogen-bond acceptors (Lipinski definition) is 4. The van der Waals surface area contributed by atoms with E-state index < -0.39 is 11.6 Å². The molecule has 0 fully saturated rings. The fourth-order valence-electron chi connectivity index (χ4n) is 2.85. The highest BCUT2D eigenvalue weighted by molar-refractivity contribution is 5.92. The van der Waals surface area contributed by atoms with Crippen LogP contribution in [-0.2, 0) is 14.4 Å². The Morgan fingerprint density at radius 3 is 2.35 bits per heavy atom. The summed E-state index contributed by atoms with van der Waals surface area (Å²) in [5, 5.41) is 5.67. The molecular formula is C18H35N5O3. The summed E-state index contributed by atoms with van der Waals surface area (Å²) in [7, 11) is 0. The quantitative estimate of drug-likeness (QED) is 0.165. The maximum absolute atomic E-state index is 12.9. The van der Waals surface area contributed by atoms with Gasteiger partial charge in [0.2, 0.25) is 11.8 Å². The Bertz CT molecular complexity index is 489. The van der Waals surface area contributed by atoms with Gasteiger partial charge in [-0.1, -0.05) is 27.7 Å². The van der Waals surface area contributed by atoms with Crippen LogP contribution in [-0.4, -0.2) is 42.2 Å². The second kappa shape index (κ2) is 12.3. The first-order valence-electron chi connectivity index (χ1n) is 9.33. The molecular weight excluding hydrogens is 334 g/mol. The summed E-state index contributed by atoms with van der Waals surface area (Å²) < 4.78 is 0. The van der Waals surface area contributed by atoms with Crippen molar-refractivity contribution in [3.8, 4) is 0 Å². The van der Waals surface area contributed by atoms with E-state index in [0.717, 1.165) is 0 Å². The number of amides is 2. The van der Waals surface area contributed by atoms with Gasteiger partial charge >= 0.3 is 0 Å². The molecule has 0 aliphatic heterocycles. The van der Waals surface area contributed by atoms with Gasteiger partial charge in [-0.25, -0.2) is 0 Å². The van der Waals surface area contributed by atoms with Crippen LogP contribution in [0.25, 0.3) is 0 Å². The lowest BCUT2D eigenvalue weighted by atomic mass is 9.84. The molecule has 2 amide bonds. The van der Waals surface area contributed by atoms with Crippen LogP contribution in [0.15, 0.2) is 4.99 Å². The van der Waals surface area contributed by atoms with Crippen LogP contribution >= 0.6 is 0 Å². The summed E-state index contributed by atoms with van der Waals surface area (Å²) in [5.41, 5.74) is 9.51. The zero-order valence-corrected chi connectivity index (χ0v) is 16.5. The number of aliphatic imine (C=N–C) groups is 1. The van der Waals surface area contributed by atoms with E-state index in [1.54, 1.807) is 0 Å². The first-order valence-corrected chi connectivity index (χ1v) is 9.33. The van der Waals surface area contributed by atoms with Gasteiger partial charge in [0, 0.05) is 13.0 Å². The van der Waals surface area contributed by atoms with Crippen LogP contribution < -0.4 is 22.1 Å². The molecule has 0 aliphatic rings. The van der Waals surface area contributed by atoms with Crippen LogP contribution in [0.5, 0.6) is 0 Å². The SMILES string of the molecule is CCCC(=O)N[C@@](CC)(CC(C)C)C(=O)N[C@H](C=O)CCCN=C(N)N. The highest BCUT2D eigenvalue weighted by Gasteiger charge is 2.39. The fourth-order valence-corrected chi connectivity index (χ4v) is 2.85. The van der Waals surface area contributed by atoms with E-state index >= 15 is 0 Å². The second-order valence-corrected chi connectivity index (χ2v) is 7.00. The smallest absolute Gasteiger partial charge is 0.246 e. The van der Waals surface area contributed by atoms with Crippen molar-refractivity contribution in [2.24, 2.45) is 22.4 Å². The van der Waals surface area contributed by atoms with Crippen LogP contribution in [0.3, 0.4) is 0 Å². The van der Waals surface area contributed by atoms with Crippen molar-refractivity contribution in [3.63, 3.8) is 0 Å². The maximum atomic E-state index is 12.9. The molecule has 150 valence electrons. The molecule has 0 aromatic carbocycles. The van der Waals surface area contributed by atoms with E-state index in [1.807, 2.05) is 27.7 Å². The Morgan fingerprint density at radius 1 is 1.23 bits per heavy atom. The highest BCUT2D eigenvalue weighted by atomic mass is 16.2. The van der Waals surface area contributed by atoms with Crippen LogP contribution in [0.1, 0.15) is 66.2 Å². The van der Waals surface area contributed by atoms with E-state index in [1.165, 1.54) is 0 Å². The molecule has 0 aromatic rings. The summed E-state index contributed by atoms with van der Waals surface area (Å²) in [6.45, 7) is 8.16. The first-order chi connectivity index (χ1) is 12.2. The fraction of sp³-hybridized carbons (Fsp3) is 0.778. The average Bonchev–Trinajstić information content (AvgIpc) is 2.56. The molecule has 0 unspecified atom stereocenters. The number of hydrogen-bond donors (Lipinski definition) is 4. The minimum Gasteiger partial charge on any atom is -0.370 e. The molecule has 0 aliphatic carbocycles. The van der Waals surface area contributed by atoms with Crippen molar-refractivity contribution in [1.29, 1.82) is 0 Å². The van der Waals surface area contributed by atoms with E-state index in [-0.39, 0.29) is 23.7 Å². The molecule has 0 aromatic heterocycles. The van der Waals surface area contributed by atoms with Gasteiger partial charge in [0.25, 0.3) is 0 Å². The Kier molecular flexibility index (Phi) is 11.3. The summed E-state index contributed by atoms with van der Waals surface area (Å²) in [6.07, 6.45) is 3.72. The van der Waals surface area contributed by atoms with Gasteiger partial charge in [-0.2, -0.15) is 0 Å². The number of guanidine groups is 1. The number of rotatable bonds is 13. The van der Waals surface area contributed by atoms with Crippen molar-refractivity contribution >= 4 is 24.1 Å². The molecule has 8 heteroatoms. The van der Waals surface area contributed by atoms with Gasteiger partial charge in [-0.3, -0.25) is 14.6 Å². The number of aldehydes is 1. The van der Waals surface area contributed by atoms with Crippen LogP contribution in [0.4, 0.5) is 0 Å². The van der Waals surface area contributed by atoms with Crippen molar-refractivity contribution in [2.45, 2.75) is 77.8 Å². The molecule has 2 atom stereocenters. The highest BCUT2D eigenvalue weighted by Crippen LogP contribution is 2.22. The molecule has 0 spiro atoms. The van der Waals surface area contributed by atoms with Crippen LogP contribution in [0.2, 0.25) is 0 Å². The molecule has 0 bridgehead atoms. The Hall–Kier alpha value is -2.12. The van der Waals surface area contributed by atoms with Crippen molar-refractivity contribution in [1.82, 2.24) is 10.6 Å². The predicted molar refractivity (Wildman–Crippen MR) is 103 cm³/mol. The van der Waals surface area contributed by atoms with Crippen molar-refractivity contribution in [2.75, 3.05) is 6.54 Å². The van der Waals surface area contributed by atoms with E-state index in [0.29, 0.717) is 51.4 Å². The van der Waals surface area contributed by atoms with E-state index in [4.69, 9.17) is 11.5 Å². The maximum Gasteiger partial charge on any atom is 0.246 e. The first kappa shape index (κ1) is 23.9. The third kappa shape index (κ3) is 8.82. The van der Waals surface area contributed by atoms with E-state index in [9.17, 15) is 14.4 Å². The molecule has 8 nitrogen and oxygen atoms in total. The van der Waals surface area contributed by atoms with Gasteiger partial charge < -0.3 is 26.9 Å². The van der Waals surface area contributed by atoms with Gasteiger partial charge in [-0.15, -0.1) is 0 Å². The predicted octanol–water partition coefficient (Wildman–Crippen LogP) is 0.835. The molecule has 0 heterocycles. The number of carbonyl (C=O) groups excluding carboxylic acids is 3. The minimum absolute atomic E-state index is 0.00254. The number of nitrogens with one attached hydrogen (secondary N) is 2. The Balaban J connectivity index is 5.09. The second-order valence-electron chi connectivity index (χ2n) is 7.00. The third-order valence-corrected chi connectivity index (χ3v) is 4.10.